The predicted molar refractivity (Wildman–Crippen MR) is 205 cm³/mol. The molecule has 7 heteroatoms. The zero-order valence-electron chi connectivity index (χ0n) is 27.6. The van der Waals surface area contributed by atoms with Crippen LogP contribution in [0.4, 0.5) is 0 Å². The molecule has 0 atom stereocenters. The Bertz CT molecular complexity index is 2240. The van der Waals surface area contributed by atoms with E-state index < -0.39 is 33.9 Å². The van der Waals surface area contributed by atoms with Gasteiger partial charge in [0.05, 0.1) is 0 Å². The van der Waals surface area contributed by atoms with Crippen molar-refractivity contribution in [2.24, 2.45) is 0 Å². The third kappa shape index (κ3) is 7.16. The van der Waals surface area contributed by atoms with Gasteiger partial charge in [-0.2, -0.15) is 0 Å². The maximum Gasteiger partial charge on any atom is 0.255 e. The van der Waals surface area contributed by atoms with Crippen molar-refractivity contribution in [3.63, 3.8) is 0 Å². The molecular weight excluding hydrogens is 657 g/mol. The Morgan fingerprint density at radius 3 is 0.843 bits per heavy atom. The molecule has 0 aromatic heterocycles. The fourth-order valence-electron chi connectivity index (χ4n) is 6.43. The molecule has 0 spiro atoms. The van der Waals surface area contributed by atoms with E-state index in [1.54, 1.807) is 0 Å². The summed E-state index contributed by atoms with van der Waals surface area (Å²) in [4.78, 5) is 0. The second kappa shape index (κ2) is 14.1. The van der Waals surface area contributed by atoms with Crippen LogP contribution in [0.3, 0.4) is 0 Å². The minimum Gasteiger partial charge on any atom is -0.453 e. The summed E-state index contributed by atoms with van der Waals surface area (Å²) in [7, 11) is -3.97. The van der Waals surface area contributed by atoms with Crippen molar-refractivity contribution < 1.29 is 27.4 Å². The van der Waals surface area contributed by atoms with Crippen LogP contribution in [0.25, 0.3) is 43.1 Å². The Labute approximate surface area is 296 Å². The number of hydrogen-bond donors (Lipinski definition) is 0. The van der Waals surface area contributed by atoms with E-state index >= 15 is 0 Å². The lowest BCUT2D eigenvalue weighted by atomic mass is 10.1. The molecular formula is C44H34O6S. The summed E-state index contributed by atoms with van der Waals surface area (Å²) in [5, 5.41) is 7.26. The molecule has 0 aliphatic carbocycles. The maximum atomic E-state index is 14.3. The van der Waals surface area contributed by atoms with Crippen LogP contribution >= 0.6 is 0 Å². The molecule has 0 fully saturated rings. The molecule has 0 aliphatic rings. The molecule has 0 bridgehead atoms. The van der Waals surface area contributed by atoms with Gasteiger partial charge in [0.15, 0.2) is 9.84 Å². The van der Waals surface area contributed by atoms with Gasteiger partial charge in [-0.05, 0) is 45.8 Å². The molecule has 0 unspecified atom stereocenters. The smallest absolute Gasteiger partial charge is 0.255 e. The highest BCUT2D eigenvalue weighted by Gasteiger charge is 2.30. The fourth-order valence-corrected chi connectivity index (χ4v) is 7.66. The van der Waals surface area contributed by atoms with Gasteiger partial charge < -0.3 is 18.9 Å². The molecule has 0 radical (unpaired) electrons. The fraction of sp³-hybridized carbons (Fsp3) is 0.0909. The first-order chi connectivity index (χ1) is 25.0. The van der Waals surface area contributed by atoms with Crippen molar-refractivity contribution in [2.45, 2.75) is 12.6 Å². The summed E-state index contributed by atoms with van der Waals surface area (Å²) in [6.07, 6.45) is -2.38. The van der Waals surface area contributed by atoms with Gasteiger partial charge in [0.2, 0.25) is 0 Å². The van der Waals surface area contributed by atoms with Gasteiger partial charge in [0.1, 0.15) is 34.5 Å². The van der Waals surface area contributed by atoms with Gasteiger partial charge in [-0.25, -0.2) is 8.42 Å². The van der Waals surface area contributed by atoms with E-state index in [9.17, 15) is 8.42 Å². The van der Waals surface area contributed by atoms with Crippen LogP contribution in [0.5, 0.6) is 23.0 Å². The zero-order valence-corrected chi connectivity index (χ0v) is 28.4. The van der Waals surface area contributed by atoms with Crippen molar-refractivity contribution in [1.82, 2.24) is 0 Å². The van der Waals surface area contributed by atoms with Gasteiger partial charge in [-0.15, -0.1) is 0 Å². The highest BCUT2D eigenvalue weighted by Crippen LogP contribution is 2.32. The topological polar surface area (TPSA) is 71.1 Å². The van der Waals surface area contributed by atoms with Gasteiger partial charge in [0, 0.05) is 21.5 Å². The lowest BCUT2D eigenvalue weighted by Gasteiger charge is -2.25. The SMILES string of the molecule is O=S(=O)(CC(Oc1cccc2ccccc12)Oc1cccc2ccccc12)CC(Oc1cccc2ccccc12)Oc1cccc2ccccc12. The molecule has 0 N–H and O–H groups in total. The zero-order chi connectivity index (χ0) is 34.6. The third-order valence-corrected chi connectivity index (χ3v) is 10.4. The van der Waals surface area contributed by atoms with Crippen molar-refractivity contribution in [3.8, 4) is 23.0 Å². The van der Waals surface area contributed by atoms with Gasteiger partial charge in [-0.1, -0.05) is 146 Å². The summed E-state index contributed by atoms with van der Waals surface area (Å²) in [6.45, 7) is 0. The standard InChI is InChI=1S/C44H34O6S/c45-51(46,29-43(47-39-25-9-17-31-13-1-5-21-35(31)39)48-40-26-10-18-32-14-2-6-22-36(32)40)30-44(49-41-27-11-19-33-15-3-7-23-37(33)41)50-42-28-12-20-34-16-4-8-24-38(34)42/h1-28,43-44H,29-30H2. The first-order valence-electron chi connectivity index (χ1n) is 16.8. The molecule has 6 nitrogen and oxygen atoms in total. The molecule has 8 aromatic rings. The molecule has 0 saturated carbocycles. The summed E-state index contributed by atoms with van der Waals surface area (Å²) in [5.41, 5.74) is 0. The summed E-state index contributed by atoms with van der Waals surface area (Å²) >= 11 is 0. The highest BCUT2D eigenvalue weighted by molar-refractivity contribution is 7.91. The first kappa shape index (κ1) is 32.2. The Morgan fingerprint density at radius 2 is 0.569 bits per heavy atom. The quantitative estimate of drug-likeness (QED) is 0.119. The molecule has 8 aromatic carbocycles. The van der Waals surface area contributed by atoms with Crippen molar-refractivity contribution in [3.05, 3.63) is 170 Å². The molecule has 0 heterocycles. The Kier molecular flexibility index (Phi) is 8.87. The number of rotatable bonds is 12. The van der Waals surface area contributed by atoms with Gasteiger partial charge in [0.25, 0.3) is 12.6 Å². The van der Waals surface area contributed by atoms with Crippen LogP contribution in [-0.2, 0) is 9.84 Å². The van der Waals surface area contributed by atoms with E-state index in [2.05, 4.69) is 0 Å². The number of ether oxygens (including phenoxy) is 4. The molecule has 0 aliphatic heterocycles. The molecule has 0 saturated heterocycles. The van der Waals surface area contributed by atoms with Crippen LogP contribution < -0.4 is 18.9 Å². The van der Waals surface area contributed by atoms with E-state index in [0.717, 1.165) is 43.1 Å². The van der Waals surface area contributed by atoms with Crippen molar-refractivity contribution in [2.75, 3.05) is 11.5 Å². The molecule has 8 rings (SSSR count). The van der Waals surface area contributed by atoms with Gasteiger partial charge in [-0.3, -0.25) is 0 Å². The Balaban J connectivity index is 1.15. The summed E-state index contributed by atoms with van der Waals surface area (Å²) in [6, 6.07) is 54.0. The predicted octanol–water partition coefficient (Wildman–Crippen LogP) is 9.98. The van der Waals surface area contributed by atoms with Crippen LogP contribution in [0.1, 0.15) is 0 Å². The maximum absolute atomic E-state index is 14.3. The Morgan fingerprint density at radius 1 is 0.333 bits per heavy atom. The van der Waals surface area contributed by atoms with Crippen LogP contribution in [0.15, 0.2) is 170 Å². The average molecular weight is 691 g/mol. The summed E-state index contributed by atoms with van der Waals surface area (Å²) < 4.78 is 54.6. The van der Waals surface area contributed by atoms with E-state index in [0.29, 0.717) is 23.0 Å². The number of hydrogen-bond acceptors (Lipinski definition) is 6. The second-order valence-electron chi connectivity index (χ2n) is 12.3. The lowest BCUT2D eigenvalue weighted by molar-refractivity contribution is 0.0219. The minimum atomic E-state index is -3.97. The lowest BCUT2D eigenvalue weighted by Crippen LogP contribution is -2.39. The normalized spacial score (nSPS) is 11.8. The molecule has 0 amide bonds. The highest BCUT2D eigenvalue weighted by atomic mass is 32.2. The van der Waals surface area contributed by atoms with E-state index in [-0.39, 0.29) is 0 Å². The average Bonchev–Trinajstić information content (AvgIpc) is 3.15. The summed E-state index contributed by atoms with van der Waals surface area (Å²) in [5.74, 6) is 1.14. The first-order valence-corrected chi connectivity index (χ1v) is 18.6. The molecule has 51 heavy (non-hydrogen) atoms. The van der Waals surface area contributed by atoms with Crippen LogP contribution in [0, 0.1) is 0 Å². The Hall–Kier alpha value is -6.05. The monoisotopic (exact) mass is 690 g/mol. The third-order valence-electron chi connectivity index (χ3n) is 8.81. The number of benzene rings is 8. The number of sulfone groups is 1. The van der Waals surface area contributed by atoms with Crippen molar-refractivity contribution in [1.29, 1.82) is 0 Å². The second-order valence-corrected chi connectivity index (χ2v) is 14.5. The van der Waals surface area contributed by atoms with Crippen molar-refractivity contribution >= 4 is 52.9 Å². The van der Waals surface area contributed by atoms with Gasteiger partial charge >= 0.3 is 0 Å². The van der Waals surface area contributed by atoms with Crippen LogP contribution in [-0.4, -0.2) is 32.5 Å². The molecule has 252 valence electrons. The van der Waals surface area contributed by atoms with E-state index in [1.807, 2.05) is 170 Å². The minimum absolute atomic E-state index is 0.465. The van der Waals surface area contributed by atoms with E-state index in [4.69, 9.17) is 18.9 Å². The van der Waals surface area contributed by atoms with Crippen LogP contribution in [0.2, 0.25) is 0 Å². The largest absolute Gasteiger partial charge is 0.453 e. The van der Waals surface area contributed by atoms with E-state index in [1.165, 1.54) is 0 Å². The number of fused-ring (bicyclic) bond motifs is 4.